The molecule has 0 aliphatic rings. The molecule has 0 spiro atoms. The van der Waals surface area contributed by atoms with Crippen LogP contribution in [0.5, 0.6) is 0 Å². The fourth-order valence-electron chi connectivity index (χ4n) is 2.24. The van der Waals surface area contributed by atoms with E-state index in [0.29, 0.717) is 11.0 Å². The summed E-state index contributed by atoms with van der Waals surface area (Å²) in [6.45, 7) is 4.10. The fourth-order valence-corrected chi connectivity index (χ4v) is 2.97. The molecule has 1 amide bonds. The zero-order valence-electron chi connectivity index (χ0n) is 18.1. The Balaban J connectivity index is 4.63. The molecule has 9 heteroatoms. The lowest BCUT2D eigenvalue weighted by atomic mass is 10.1. The molecule has 0 aromatic rings. The Morgan fingerprint density at radius 3 is 2.43 bits per heavy atom. The first-order valence-corrected chi connectivity index (χ1v) is 11.6. The van der Waals surface area contributed by atoms with Gasteiger partial charge in [-0.1, -0.05) is 45.3 Å². The number of aliphatic hydroxyl groups is 1. The number of unbranched alkanes of at least 4 members (excludes halogenated alkanes) is 4. The number of carbonyl (C=O) groups excluding carboxylic acids is 1. The van der Waals surface area contributed by atoms with Gasteiger partial charge in [-0.2, -0.15) is 0 Å². The first-order chi connectivity index (χ1) is 13.0. The van der Waals surface area contributed by atoms with Crippen molar-refractivity contribution in [3.63, 3.8) is 0 Å². The molecule has 0 saturated carbocycles. The zero-order valence-corrected chi connectivity index (χ0v) is 19.0. The number of phosphoric acid groups is 1. The second-order valence-electron chi connectivity index (χ2n) is 7.91. The molecule has 0 rings (SSSR count). The first-order valence-electron chi connectivity index (χ1n) is 10.1. The molecule has 0 aromatic heterocycles. The van der Waals surface area contributed by atoms with Crippen LogP contribution in [0, 0.1) is 0 Å². The minimum absolute atomic E-state index is 0.0590. The van der Waals surface area contributed by atoms with Crippen molar-refractivity contribution in [3.8, 4) is 0 Å². The number of phosphoric ester groups is 1. The molecular formula is C19H40N2O6P+. The highest BCUT2D eigenvalue weighted by molar-refractivity contribution is 7.47. The third-order valence-electron chi connectivity index (χ3n) is 4.07. The summed E-state index contributed by atoms with van der Waals surface area (Å²) in [5.74, 6) is -0.275. The average Bonchev–Trinajstić information content (AvgIpc) is 2.59. The molecule has 0 radical (unpaired) electrons. The van der Waals surface area contributed by atoms with Crippen LogP contribution in [-0.2, 0) is 18.4 Å². The Labute approximate surface area is 170 Å². The molecule has 0 aromatic carbocycles. The van der Waals surface area contributed by atoms with Crippen LogP contribution < -0.4 is 5.32 Å². The van der Waals surface area contributed by atoms with E-state index in [4.69, 9.17) is 9.05 Å². The maximum Gasteiger partial charge on any atom is 0.472 e. The van der Waals surface area contributed by atoms with Crippen molar-refractivity contribution in [1.29, 1.82) is 0 Å². The number of likely N-dealkylation sites (N-methyl/N-ethyl adjacent to an activating group) is 1. The van der Waals surface area contributed by atoms with Gasteiger partial charge in [-0.25, -0.2) is 4.57 Å². The molecule has 0 fully saturated rings. The molecule has 28 heavy (non-hydrogen) atoms. The van der Waals surface area contributed by atoms with Gasteiger partial charge >= 0.3 is 7.82 Å². The number of amides is 1. The van der Waals surface area contributed by atoms with Crippen LogP contribution >= 0.6 is 7.82 Å². The lowest BCUT2D eigenvalue weighted by molar-refractivity contribution is -0.870. The van der Waals surface area contributed by atoms with E-state index in [2.05, 4.69) is 12.2 Å². The lowest BCUT2D eigenvalue weighted by Crippen LogP contribution is -2.45. The van der Waals surface area contributed by atoms with Crippen LogP contribution in [0.3, 0.4) is 0 Å². The van der Waals surface area contributed by atoms with Gasteiger partial charge in [0.05, 0.1) is 39.9 Å². The van der Waals surface area contributed by atoms with Crippen LogP contribution in [-0.4, -0.2) is 73.4 Å². The van der Waals surface area contributed by atoms with E-state index in [-0.39, 0.29) is 25.5 Å². The van der Waals surface area contributed by atoms with Crippen LogP contribution in [0.4, 0.5) is 0 Å². The minimum Gasteiger partial charge on any atom is -0.387 e. The summed E-state index contributed by atoms with van der Waals surface area (Å²) < 4.78 is 22.6. The fraction of sp³-hybridized carbons (Fsp3) is 0.842. The Bertz CT molecular complexity index is 507. The van der Waals surface area contributed by atoms with Gasteiger partial charge in [-0.3, -0.25) is 13.8 Å². The molecular weight excluding hydrogens is 383 g/mol. The molecule has 0 saturated heterocycles. The number of carbonyl (C=O) groups is 1. The van der Waals surface area contributed by atoms with Crippen molar-refractivity contribution in [1.82, 2.24) is 5.32 Å². The number of hydrogen-bond donors (Lipinski definition) is 3. The average molecular weight is 424 g/mol. The summed E-state index contributed by atoms with van der Waals surface area (Å²) in [7, 11) is 1.55. The predicted molar refractivity (Wildman–Crippen MR) is 111 cm³/mol. The Morgan fingerprint density at radius 1 is 1.18 bits per heavy atom. The van der Waals surface area contributed by atoms with Crippen molar-refractivity contribution in [3.05, 3.63) is 12.2 Å². The maximum atomic E-state index is 12.0. The van der Waals surface area contributed by atoms with Crippen LogP contribution in [0.15, 0.2) is 12.2 Å². The highest BCUT2D eigenvalue weighted by Gasteiger charge is 2.27. The number of aliphatic hydroxyl groups excluding tert-OH is 1. The molecule has 3 unspecified atom stereocenters. The standard InChI is InChI=1S/C19H39N2O6P/c1-6-8-9-10-11-12-13-18(22)17(20-19(23)7-2)16-27-28(24,25)26-15-14-21(3,4)5/h12-13,17-18,22H,6-11,14-16H2,1-5H3,(H-,20,23,24,25)/p+1/b13-12+. The van der Waals surface area contributed by atoms with Crippen LogP contribution in [0.25, 0.3) is 0 Å². The predicted octanol–water partition coefficient (Wildman–Crippen LogP) is 2.61. The number of rotatable bonds is 16. The number of nitrogens with zero attached hydrogens (tertiary/aromatic N) is 1. The monoisotopic (exact) mass is 423 g/mol. The van der Waals surface area contributed by atoms with Gasteiger partial charge in [0.25, 0.3) is 0 Å². The summed E-state index contributed by atoms with van der Waals surface area (Å²) in [5.41, 5.74) is 0. The van der Waals surface area contributed by atoms with Gasteiger partial charge in [0.2, 0.25) is 5.91 Å². The lowest BCUT2D eigenvalue weighted by Gasteiger charge is -2.25. The minimum atomic E-state index is -4.26. The van der Waals surface area contributed by atoms with E-state index in [1.165, 1.54) is 6.42 Å². The molecule has 0 aliphatic heterocycles. The third-order valence-corrected chi connectivity index (χ3v) is 5.06. The van der Waals surface area contributed by atoms with Gasteiger partial charge < -0.3 is 19.8 Å². The molecule has 3 atom stereocenters. The zero-order chi connectivity index (χ0) is 21.6. The van der Waals surface area contributed by atoms with Gasteiger partial charge in [0.1, 0.15) is 13.2 Å². The van der Waals surface area contributed by atoms with E-state index in [0.717, 1.165) is 25.7 Å². The summed E-state index contributed by atoms with van der Waals surface area (Å²) in [5, 5.41) is 13.0. The molecule has 166 valence electrons. The third kappa shape index (κ3) is 15.2. The van der Waals surface area contributed by atoms with E-state index in [9.17, 15) is 19.4 Å². The van der Waals surface area contributed by atoms with Crippen molar-refractivity contribution in [2.24, 2.45) is 0 Å². The maximum absolute atomic E-state index is 12.0. The summed E-state index contributed by atoms with van der Waals surface area (Å²) in [6, 6.07) is -0.832. The SMILES string of the molecule is CCCCCC/C=C/C(O)C(COP(=O)(O)OCC[N+](C)(C)C)NC(=O)CC. The molecule has 0 heterocycles. The highest BCUT2D eigenvalue weighted by Crippen LogP contribution is 2.43. The van der Waals surface area contributed by atoms with Gasteiger partial charge in [-0.15, -0.1) is 0 Å². The van der Waals surface area contributed by atoms with Crippen molar-refractivity contribution >= 4 is 13.7 Å². The Kier molecular flexibility index (Phi) is 13.9. The van der Waals surface area contributed by atoms with E-state index in [1.54, 1.807) is 13.0 Å². The second-order valence-corrected chi connectivity index (χ2v) is 9.36. The Morgan fingerprint density at radius 2 is 1.86 bits per heavy atom. The summed E-state index contributed by atoms with van der Waals surface area (Å²) in [6.07, 6.45) is 8.01. The molecule has 0 aliphatic carbocycles. The number of allylic oxidation sites excluding steroid dienone is 1. The van der Waals surface area contributed by atoms with Crippen molar-refractivity contribution in [2.75, 3.05) is 40.9 Å². The molecule has 3 N–H and O–H groups in total. The second kappa shape index (κ2) is 14.3. The Hall–Kier alpha value is -0.760. The summed E-state index contributed by atoms with van der Waals surface area (Å²) in [4.78, 5) is 21.5. The quantitative estimate of drug-likeness (QED) is 0.153. The van der Waals surface area contributed by atoms with Crippen molar-refractivity contribution < 1.29 is 32.9 Å². The van der Waals surface area contributed by atoms with Crippen LogP contribution in [0.2, 0.25) is 0 Å². The number of nitrogens with one attached hydrogen (secondary N) is 1. The van der Waals surface area contributed by atoms with Crippen molar-refractivity contribution in [2.45, 2.75) is 64.5 Å². The van der Waals surface area contributed by atoms with E-state index < -0.39 is 20.0 Å². The normalized spacial score (nSPS) is 16.7. The summed E-state index contributed by atoms with van der Waals surface area (Å²) >= 11 is 0. The largest absolute Gasteiger partial charge is 0.472 e. The van der Waals surface area contributed by atoms with E-state index in [1.807, 2.05) is 27.2 Å². The number of hydrogen-bond acceptors (Lipinski definition) is 5. The van der Waals surface area contributed by atoms with E-state index >= 15 is 0 Å². The van der Waals surface area contributed by atoms with Gasteiger partial charge in [0.15, 0.2) is 0 Å². The van der Waals surface area contributed by atoms with Gasteiger partial charge in [-0.05, 0) is 12.8 Å². The first kappa shape index (κ1) is 27.2. The topological polar surface area (TPSA) is 105 Å². The van der Waals surface area contributed by atoms with Gasteiger partial charge in [0, 0.05) is 6.42 Å². The molecule has 8 nitrogen and oxygen atoms in total. The molecule has 0 bridgehead atoms. The number of quaternary nitrogens is 1. The highest BCUT2D eigenvalue weighted by atomic mass is 31.2. The smallest absolute Gasteiger partial charge is 0.387 e. The van der Waals surface area contributed by atoms with Crippen LogP contribution in [0.1, 0.15) is 52.4 Å².